The van der Waals surface area contributed by atoms with E-state index in [1.165, 1.54) is 6.08 Å². The highest BCUT2D eigenvalue weighted by Crippen LogP contribution is 2.21. The predicted molar refractivity (Wildman–Crippen MR) is 50.4 cm³/mol. The summed E-state index contributed by atoms with van der Waals surface area (Å²) in [6.45, 7) is 3.98. The normalized spacial score (nSPS) is 17.9. The third-order valence-electron chi connectivity index (χ3n) is 1.98. The van der Waals surface area contributed by atoms with Crippen LogP contribution >= 0.6 is 0 Å². The van der Waals surface area contributed by atoms with E-state index in [1.807, 2.05) is 13.8 Å². The molecule has 1 rings (SSSR count). The summed E-state index contributed by atoms with van der Waals surface area (Å²) in [5.74, 6) is 0.231. The van der Waals surface area contributed by atoms with E-state index in [2.05, 4.69) is 4.99 Å². The van der Waals surface area contributed by atoms with Crippen LogP contribution < -0.4 is 0 Å². The fraction of sp³-hybridized carbons (Fsp3) is 0.500. The molecule has 0 radical (unpaired) electrons. The van der Waals surface area contributed by atoms with Gasteiger partial charge in [-0.25, -0.2) is 0 Å². The maximum atomic E-state index is 12.2. The molecule has 78 valence electrons. The molecule has 0 bridgehead atoms. The molecule has 0 N–H and O–H groups in total. The summed E-state index contributed by atoms with van der Waals surface area (Å²) >= 11 is 0. The average molecular weight is 203 g/mol. The summed E-state index contributed by atoms with van der Waals surface area (Å²) < 4.78 is 36.7. The van der Waals surface area contributed by atoms with Gasteiger partial charge in [0.25, 0.3) is 0 Å². The van der Waals surface area contributed by atoms with Crippen LogP contribution in [0.2, 0.25) is 0 Å². The van der Waals surface area contributed by atoms with Gasteiger partial charge in [-0.15, -0.1) is 0 Å². The second-order valence-corrected chi connectivity index (χ2v) is 3.42. The van der Waals surface area contributed by atoms with E-state index >= 15 is 0 Å². The van der Waals surface area contributed by atoms with Crippen LogP contribution in [-0.2, 0) is 0 Å². The van der Waals surface area contributed by atoms with Gasteiger partial charge in [0.2, 0.25) is 0 Å². The fourth-order valence-corrected chi connectivity index (χ4v) is 1.16. The summed E-state index contributed by atoms with van der Waals surface area (Å²) in [5, 5.41) is 0. The van der Waals surface area contributed by atoms with Crippen molar-refractivity contribution in [2.24, 2.45) is 10.9 Å². The number of nitrogens with zero attached hydrogens (tertiary/aromatic N) is 1. The lowest BCUT2D eigenvalue weighted by molar-refractivity contribution is -0.0578. The third kappa shape index (κ3) is 2.72. The Morgan fingerprint density at radius 2 is 1.93 bits per heavy atom. The monoisotopic (exact) mass is 203 g/mol. The molecule has 0 fully saturated rings. The number of halogens is 3. The van der Waals surface area contributed by atoms with Gasteiger partial charge >= 0.3 is 6.18 Å². The summed E-state index contributed by atoms with van der Waals surface area (Å²) in [4.78, 5) is 3.46. The fourth-order valence-electron chi connectivity index (χ4n) is 1.16. The third-order valence-corrected chi connectivity index (χ3v) is 1.98. The maximum Gasteiger partial charge on any atom is 0.432 e. The van der Waals surface area contributed by atoms with Crippen LogP contribution in [0.3, 0.4) is 0 Å². The van der Waals surface area contributed by atoms with Crippen LogP contribution in [0, 0.1) is 5.92 Å². The first-order valence-electron chi connectivity index (χ1n) is 4.41. The summed E-state index contributed by atoms with van der Waals surface area (Å²) in [5.41, 5.74) is 0.0948. The maximum absolute atomic E-state index is 12.2. The molecule has 4 heteroatoms. The van der Waals surface area contributed by atoms with Crippen molar-refractivity contribution in [2.75, 3.05) is 6.54 Å². The van der Waals surface area contributed by atoms with Crippen LogP contribution in [0.25, 0.3) is 0 Å². The zero-order chi connectivity index (χ0) is 10.8. The molecule has 0 aromatic carbocycles. The van der Waals surface area contributed by atoms with E-state index in [9.17, 15) is 13.2 Å². The van der Waals surface area contributed by atoms with Gasteiger partial charge < -0.3 is 0 Å². The highest BCUT2D eigenvalue weighted by molar-refractivity contribution is 6.00. The molecule has 0 aromatic heterocycles. The molecule has 0 atom stereocenters. The van der Waals surface area contributed by atoms with E-state index in [4.69, 9.17) is 0 Å². The van der Waals surface area contributed by atoms with Crippen molar-refractivity contribution in [1.82, 2.24) is 0 Å². The Hall–Kier alpha value is -1.06. The summed E-state index contributed by atoms with van der Waals surface area (Å²) in [6.07, 6.45) is -0.0838. The van der Waals surface area contributed by atoms with Crippen molar-refractivity contribution in [3.63, 3.8) is 0 Å². The van der Waals surface area contributed by atoms with Gasteiger partial charge in [0.15, 0.2) is 0 Å². The van der Waals surface area contributed by atoms with Crippen molar-refractivity contribution in [2.45, 2.75) is 20.0 Å². The van der Waals surface area contributed by atoms with Crippen molar-refractivity contribution in [3.05, 3.63) is 23.8 Å². The van der Waals surface area contributed by atoms with E-state index in [0.717, 1.165) is 11.6 Å². The number of aliphatic imine (C=N–C) groups is 1. The number of alkyl halides is 3. The Balaban J connectivity index is 2.83. The van der Waals surface area contributed by atoms with Crippen molar-refractivity contribution in [1.29, 1.82) is 0 Å². The van der Waals surface area contributed by atoms with Crippen LogP contribution in [0.15, 0.2) is 28.8 Å². The minimum atomic E-state index is -4.34. The van der Waals surface area contributed by atoms with E-state index < -0.39 is 11.9 Å². The zero-order valence-electron chi connectivity index (χ0n) is 8.10. The van der Waals surface area contributed by atoms with Crippen molar-refractivity contribution < 1.29 is 13.2 Å². The first kappa shape index (κ1) is 11.0. The van der Waals surface area contributed by atoms with Crippen LogP contribution in [0.1, 0.15) is 13.8 Å². The van der Waals surface area contributed by atoms with Crippen LogP contribution in [-0.4, -0.2) is 18.4 Å². The molecule has 1 nitrogen and oxygen atoms in total. The molecule has 0 unspecified atom stereocenters. The quantitative estimate of drug-likeness (QED) is 0.620. The van der Waals surface area contributed by atoms with Gasteiger partial charge in [-0.3, -0.25) is 4.99 Å². The van der Waals surface area contributed by atoms with Crippen molar-refractivity contribution >= 4 is 5.71 Å². The Morgan fingerprint density at radius 1 is 1.29 bits per heavy atom. The van der Waals surface area contributed by atoms with Crippen LogP contribution in [0.5, 0.6) is 0 Å². The Morgan fingerprint density at radius 3 is 2.43 bits per heavy atom. The molecule has 0 spiro atoms. The second-order valence-electron chi connectivity index (χ2n) is 3.42. The topological polar surface area (TPSA) is 12.4 Å². The molecule has 0 aliphatic carbocycles. The molecular formula is C10H12F3N. The minimum Gasteiger partial charge on any atom is -0.276 e. The molecule has 0 aromatic rings. The Labute approximate surface area is 81.0 Å². The first-order chi connectivity index (χ1) is 6.41. The Bertz CT molecular complexity index is 295. The summed E-state index contributed by atoms with van der Waals surface area (Å²) in [6, 6.07) is 0. The molecule has 0 saturated carbocycles. The van der Waals surface area contributed by atoms with Gasteiger partial charge in [0, 0.05) is 0 Å². The van der Waals surface area contributed by atoms with E-state index in [1.54, 1.807) is 6.08 Å². The lowest BCUT2D eigenvalue weighted by Crippen LogP contribution is -2.20. The molecule has 14 heavy (non-hydrogen) atoms. The zero-order valence-corrected chi connectivity index (χ0v) is 8.10. The van der Waals surface area contributed by atoms with Crippen molar-refractivity contribution in [3.8, 4) is 0 Å². The predicted octanol–water partition coefficient (Wildman–Crippen LogP) is 3.14. The smallest absolute Gasteiger partial charge is 0.276 e. The summed E-state index contributed by atoms with van der Waals surface area (Å²) in [7, 11) is 0. The lowest BCUT2D eigenvalue weighted by Gasteiger charge is -2.05. The van der Waals surface area contributed by atoms with E-state index in [-0.39, 0.29) is 12.5 Å². The largest absolute Gasteiger partial charge is 0.432 e. The standard InChI is InChI=1S/C10H12F3N/c1-7(2)8-3-4-9(10(11,12)13)14-6-5-8/h3-5,7H,6H2,1-2H3. The SMILES string of the molecule is CC(C)C1=CCN=C(C(F)(F)F)C=C1. The molecule has 1 aliphatic rings. The molecule has 1 aliphatic heterocycles. The lowest BCUT2D eigenvalue weighted by atomic mass is 10.0. The molecular weight excluding hydrogens is 191 g/mol. The average Bonchev–Trinajstić information content (AvgIpc) is 2.26. The number of hydrogen-bond donors (Lipinski definition) is 0. The molecule has 1 heterocycles. The Kier molecular flexibility index (Phi) is 3.13. The van der Waals surface area contributed by atoms with Gasteiger partial charge in [-0.1, -0.05) is 26.0 Å². The first-order valence-corrected chi connectivity index (χ1v) is 4.41. The highest BCUT2D eigenvalue weighted by atomic mass is 19.4. The van der Waals surface area contributed by atoms with Gasteiger partial charge in [0.05, 0.1) is 6.54 Å². The molecule has 0 amide bonds. The highest BCUT2D eigenvalue weighted by Gasteiger charge is 2.33. The number of allylic oxidation sites excluding steroid dienone is 3. The molecule has 0 saturated heterocycles. The van der Waals surface area contributed by atoms with Gasteiger partial charge in [-0.05, 0) is 17.6 Å². The number of rotatable bonds is 1. The van der Waals surface area contributed by atoms with Gasteiger partial charge in [-0.2, -0.15) is 13.2 Å². The number of hydrogen-bond acceptors (Lipinski definition) is 1. The second kappa shape index (κ2) is 3.98. The van der Waals surface area contributed by atoms with Crippen LogP contribution in [0.4, 0.5) is 13.2 Å². The van der Waals surface area contributed by atoms with Gasteiger partial charge in [0.1, 0.15) is 5.71 Å². The van der Waals surface area contributed by atoms with E-state index in [0.29, 0.717) is 0 Å². The minimum absolute atomic E-state index is 0.107.